The first-order valence-corrected chi connectivity index (χ1v) is 6.77. The van der Waals surface area contributed by atoms with Crippen LogP contribution in [0.15, 0.2) is 34.2 Å². The fraction of sp³-hybridized carbons (Fsp3) is 0.267. The number of hydrogen-bond donors (Lipinski definition) is 2. The SMILES string of the molecule is CCc1cc(=O)[nH]c(N/N=C\c2ccc(OC)c(OC)c2)n1. The number of ether oxygens (including phenoxy) is 2. The van der Waals surface area contributed by atoms with Crippen molar-refractivity contribution in [2.75, 3.05) is 19.6 Å². The van der Waals surface area contributed by atoms with Crippen molar-refractivity contribution >= 4 is 12.2 Å². The van der Waals surface area contributed by atoms with Crippen molar-refractivity contribution in [3.8, 4) is 11.5 Å². The van der Waals surface area contributed by atoms with Crippen LogP contribution in [0.1, 0.15) is 18.2 Å². The minimum Gasteiger partial charge on any atom is -0.493 e. The van der Waals surface area contributed by atoms with Crippen molar-refractivity contribution < 1.29 is 9.47 Å². The normalized spacial score (nSPS) is 10.7. The van der Waals surface area contributed by atoms with Crippen LogP contribution < -0.4 is 20.5 Å². The molecule has 7 nitrogen and oxygen atoms in total. The Kier molecular flexibility index (Phi) is 5.13. The van der Waals surface area contributed by atoms with Gasteiger partial charge in [-0.15, -0.1) is 0 Å². The molecule has 0 bridgehead atoms. The van der Waals surface area contributed by atoms with E-state index in [4.69, 9.17) is 9.47 Å². The molecular formula is C15H18N4O3. The van der Waals surface area contributed by atoms with E-state index in [2.05, 4.69) is 20.5 Å². The van der Waals surface area contributed by atoms with Gasteiger partial charge in [-0.3, -0.25) is 9.78 Å². The van der Waals surface area contributed by atoms with E-state index in [1.54, 1.807) is 32.6 Å². The van der Waals surface area contributed by atoms with Gasteiger partial charge >= 0.3 is 0 Å². The van der Waals surface area contributed by atoms with Crippen LogP contribution in [0.4, 0.5) is 5.95 Å². The number of aromatic amines is 1. The number of hydrazone groups is 1. The van der Waals surface area contributed by atoms with E-state index in [1.165, 1.54) is 6.07 Å². The number of anilines is 1. The average molecular weight is 302 g/mol. The third-order valence-electron chi connectivity index (χ3n) is 2.95. The second-order valence-electron chi connectivity index (χ2n) is 4.42. The van der Waals surface area contributed by atoms with Crippen LogP contribution in [0, 0.1) is 0 Å². The summed E-state index contributed by atoms with van der Waals surface area (Å²) in [6.07, 6.45) is 2.28. The van der Waals surface area contributed by atoms with E-state index in [0.717, 1.165) is 5.56 Å². The molecule has 2 rings (SSSR count). The number of benzene rings is 1. The second kappa shape index (κ2) is 7.26. The summed E-state index contributed by atoms with van der Waals surface area (Å²) < 4.78 is 10.4. The predicted molar refractivity (Wildman–Crippen MR) is 85.0 cm³/mol. The van der Waals surface area contributed by atoms with Gasteiger partial charge in [0, 0.05) is 11.8 Å². The smallest absolute Gasteiger partial charge is 0.252 e. The number of hydrogen-bond acceptors (Lipinski definition) is 6. The molecule has 0 amide bonds. The molecule has 7 heteroatoms. The number of nitrogens with zero attached hydrogens (tertiary/aromatic N) is 2. The fourth-order valence-corrected chi connectivity index (χ4v) is 1.84. The van der Waals surface area contributed by atoms with Crippen LogP contribution in [-0.2, 0) is 6.42 Å². The van der Waals surface area contributed by atoms with Gasteiger partial charge in [0.2, 0.25) is 5.95 Å². The van der Waals surface area contributed by atoms with Gasteiger partial charge in [-0.25, -0.2) is 10.4 Å². The molecule has 1 aromatic heterocycles. The maximum absolute atomic E-state index is 11.4. The summed E-state index contributed by atoms with van der Waals surface area (Å²) in [5.74, 6) is 1.57. The Morgan fingerprint density at radius 3 is 2.73 bits per heavy atom. The Morgan fingerprint density at radius 2 is 2.05 bits per heavy atom. The summed E-state index contributed by atoms with van der Waals surface area (Å²) in [7, 11) is 3.15. The molecule has 0 atom stereocenters. The van der Waals surface area contributed by atoms with Gasteiger partial charge in [-0.2, -0.15) is 5.10 Å². The highest BCUT2D eigenvalue weighted by Gasteiger charge is 2.03. The van der Waals surface area contributed by atoms with Gasteiger partial charge in [0.05, 0.1) is 20.4 Å². The molecule has 1 heterocycles. The first-order chi connectivity index (χ1) is 10.7. The fourth-order valence-electron chi connectivity index (χ4n) is 1.84. The predicted octanol–water partition coefficient (Wildman–Crippen LogP) is 1.80. The summed E-state index contributed by atoms with van der Waals surface area (Å²) in [6.45, 7) is 1.93. The second-order valence-corrected chi connectivity index (χ2v) is 4.42. The highest BCUT2D eigenvalue weighted by Crippen LogP contribution is 2.26. The zero-order valence-corrected chi connectivity index (χ0v) is 12.7. The zero-order chi connectivity index (χ0) is 15.9. The monoisotopic (exact) mass is 302 g/mol. The maximum atomic E-state index is 11.4. The topological polar surface area (TPSA) is 88.6 Å². The maximum Gasteiger partial charge on any atom is 0.252 e. The summed E-state index contributed by atoms with van der Waals surface area (Å²) in [4.78, 5) is 18.2. The Morgan fingerprint density at radius 1 is 1.27 bits per heavy atom. The van der Waals surface area contributed by atoms with Crippen LogP contribution in [-0.4, -0.2) is 30.4 Å². The van der Waals surface area contributed by atoms with Gasteiger partial charge < -0.3 is 9.47 Å². The summed E-state index contributed by atoms with van der Waals surface area (Å²) in [5.41, 5.74) is 4.01. The van der Waals surface area contributed by atoms with E-state index in [9.17, 15) is 4.79 Å². The lowest BCUT2D eigenvalue weighted by Crippen LogP contribution is -2.11. The number of H-pyrrole nitrogens is 1. The lowest BCUT2D eigenvalue weighted by atomic mass is 10.2. The third kappa shape index (κ3) is 3.85. The molecule has 0 aliphatic heterocycles. The van der Waals surface area contributed by atoms with Crippen LogP contribution in [0.25, 0.3) is 0 Å². The third-order valence-corrected chi connectivity index (χ3v) is 2.95. The molecule has 116 valence electrons. The van der Waals surface area contributed by atoms with Crippen molar-refractivity contribution in [2.45, 2.75) is 13.3 Å². The molecule has 0 unspecified atom stereocenters. The first kappa shape index (κ1) is 15.6. The van der Waals surface area contributed by atoms with Gasteiger partial charge in [0.1, 0.15) is 0 Å². The molecule has 2 N–H and O–H groups in total. The standard InChI is InChI=1S/C15H18N4O3/c1-4-11-8-14(20)18-15(17-11)19-16-9-10-5-6-12(21-2)13(7-10)22-3/h5-9H,4H2,1-3H3,(H2,17,18,19,20)/b16-9-. The summed E-state index contributed by atoms with van der Waals surface area (Å²) in [5, 5.41) is 4.06. The number of rotatable bonds is 6. The van der Waals surface area contributed by atoms with Gasteiger partial charge in [0.15, 0.2) is 11.5 Å². The van der Waals surface area contributed by atoms with Crippen molar-refractivity contribution in [1.82, 2.24) is 9.97 Å². The molecule has 0 fully saturated rings. The molecule has 0 aliphatic rings. The summed E-state index contributed by atoms with van der Waals surface area (Å²) >= 11 is 0. The van der Waals surface area contributed by atoms with E-state index in [-0.39, 0.29) is 5.56 Å². The first-order valence-electron chi connectivity index (χ1n) is 6.77. The average Bonchev–Trinajstić information content (AvgIpc) is 2.54. The van der Waals surface area contributed by atoms with E-state index < -0.39 is 0 Å². The van der Waals surface area contributed by atoms with Crippen LogP contribution >= 0.6 is 0 Å². The lowest BCUT2D eigenvalue weighted by Gasteiger charge is -2.07. The van der Waals surface area contributed by atoms with Crippen molar-refractivity contribution in [1.29, 1.82) is 0 Å². The minimum atomic E-state index is -0.212. The largest absolute Gasteiger partial charge is 0.493 e. The Hall–Kier alpha value is -2.83. The number of aromatic nitrogens is 2. The molecule has 1 aromatic carbocycles. The van der Waals surface area contributed by atoms with Gasteiger partial charge in [-0.05, 0) is 30.2 Å². The van der Waals surface area contributed by atoms with Gasteiger partial charge in [-0.1, -0.05) is 6.92 Å². The molecule has 0 spiro atoms. The van der Waals surface area contributed by atoms with Crippen LogP contribution in [0.2, 0.25) is 0 Å². The molecule has 0 saturated heterocycles. The highest BCUT2D eigenvalue weighted by molar-refractivity contribution is 5.81. The Labute approximate surface area is 128 Å². The Bertz CT molecular complexity index is 725. The lowest BCUT2D eigenvalue weighted by molar-refractivity contribution is 0.355. The number of nitrogens with one attached hydrogen (secondary N) is 2. The molecule has 0 saturated carbocycles. The molecule has 22 heavy (non-hydrogen) atoms. The molecule has 0 aliphatic carbocycles. The molecule has 0 radical (unpaired) electrons. The minimum absolute atomic E-state index is 0.212. The van der Waals surface area contributed by atoms with Crippen molar-refractivity contribution in [2.24, 2.45) is 5.10 Å². The van der Waals surface area contributed by atoms with E-state index >= 15 is 0 Å². The van der Waals surface area contributed by atoms with Crippen molar-refractivity contribution in [3.63, 3.8) is 0 Å². The molecular weight excluding hydrogens is 284 g/mol. The summed E-state index contributed by atoms with van der Waals surface area (Å²) in [6, 6.07) is 6.88. The number of methoxy groups -OCH3 is 2. The molecule has 2 aromatic rings. The van der Waals surface area contributed by atoms with Crippen molar-refractivity contribution in [3.05, 3.63) is 45.9 Å². The highest BCUT2D eigenvalue weighted by atomic mass is 16.5. The quantitative estimate of drug-likeness (QED) is 0.627. The van der Waals surface area contributed by atoms with E-state index in [1.807, 2.05) is 13.0 Å². The zero-order valence-electron chi connectivity index (χ0n) is 12.7. The van der Waals surface area contributed by atoms with Gasteiger partial charge in [0.25, 0.3) is 5.56 Å². The van der Waals surface area contributed by atoms with Crippen LogP contribution in [0.3, 0.4) is 0 Å². The number of aryl methyl sites for hydroxylation is 1. The van der Waals surface area contributed by atoms with Crippen LogP contribution in [0.5, 0.6) is 11.5 Å². The van der Waals surface area contributed by atoms with E-state index in [0.29, 0.717) is 29.6 Å². The Balaban J connectivity index is 2.12.